The second-order valence-electron chi connectivity index (χ2n) is 4.50. The second-order valence-corrected chi connectivity index (χ2v) is 4.50. The van der Waals surface area contributed by atoms with Crippen molar-refractivity contribution in [2.24, 2.45) is 11.7 Å². The monoisotopic (exact) mass is 228 g/mol. The molecule has 1 fully saturated rings. The molecule has 1 amide bonds. The van der Waals surface area contributed by atoms with Crippen molar-refractivity contribution >= 4 is 5.91 Å². The molecule has 16 heavy (non-hydrogen) atoms. The first-order valence-corrected chi connectivity index (χ1v) is 6.34. The van der Waals surface area contributed by atoms with Gasteiger partial charge in [0.1, 0.15) is 0 Å². The molecule has 1 atom stereocenters. The number of rotatable bonds is 9. The van der Waals surface area contributed by atoms with Gasteiger partial charge in [0.05, 0.1) is 6.04 Å². The van der Waals surface area contributed by atoms with Crippen LogP contribution in [0.25, 0.3) is 0 Å². The van der Waals surface area contributed by atoms with E-state index in [1.54, 1.807) is 0 Å². The van der Waals surface area contributed by atoms with E-state index in [0.717, 1.165) is 19.1 Å². The fraction of sp³-hybridized carbons (Fsp3) is 0.917. The quantitative estimate of drug-likeness (QED) is 0.580. The zero-order valence-corrected chi connectivity index (χ0v) is 10.2. The van der Waals surface area contributed by atoms with Crippen LogP contribution >= 0.6 is 0 Å². The van der Waals surface area contributed by atoms with Gasteiger partial charge in [-0.2, -0.15) is 0 Å². The summed E-state index contributed by atoms with van der Waals surface area (Å²) in [5, 5.41) is 3.05. The van der Waals surface area contributed by atoms with Crippen LogP contribution in [0.15, 0.2) is 0 Å². The van der Waals surface area contributed by atoms with E-state index in [1.807, 2.05) is 6.92 Å². The maximum atomic E-state index is 11.0. The highest BCUT2D eigenvalue weighted by Gasteiger charge is 2.17. The number of ether oxygens (including phenoxy) is 1. The maximum absolute atomic E-state index is 11.0. The number of nitrogens with one attached hydrogen (secondary N) is 1. The minimum Gasteiger partial charge on any atom is -0.381 e. The lowest BCUT2D eigenvalue weighted by Gasteiger charge is -2.25. The number of hydrogen-bond acceptors (Lipinski definition) is 3. The number of carbonyl (C=O) groups is 1. The van der Waals surface area contributed by atoms with Gasteiger partial charge in [-0.25, -0.2) is 0 Å². The minimum atomic E-state index is -0.288. The van der Waals surface area contributed by atoms with Crippen molar-refractivity contribution in [3.8, 4) is 0 Å². The summed E-state index contributed by atoms with van der Waals surface area (Å²) in [5.74, 6) is 0.602. The first-order chi connectivity index (χ1) is 7.74. The Balaban J connectivity index is 1.96. The van der Waals surface area contributed by atoms with Crippen LogP contribution in [0.1, 0.15) is 39.0 Å². The highest BCUT2D eigenvalue weighted by atomic mass is 16.5. The van der Waals surface area contributed by atoms with Gasteiger partial charge in [-0.15, -0.1) is 0 Å². The molecule has 0 bridgehead atoms. The second kappa shape index (κ2) is 7.63. The number of carbonyl (C=O) groups excluding carboxylic acids is 1. The molecule has 0 heterocycles. The average molecular weight is 228 g/mol. The van der Waals surface area contributed by atoms with Crippen molar-refractivity contribution < 1.29 is 9.53 Å². The summed E-state index contributed by atoms with van der Waals surface area (Å²) >= 11 is 0. The van der Waals surface area contributed by atoms with Crippen LogP contribution in [0, 0.1) is 5.92 Å². The van der Waals surface area contributed by atoms with Gasteiger partial charge in [0.2, 0.25) is 5.91 Å². The summed E-state index contributed by atoms with van der Waals surface area (Å²) in [6, 6.07) is -0.242. The van der Waals surface area contributed by atoms with Crippen molar-refractivity contribution in [3.05, 3.63) is 0 Å². The molecule has 1 unspecified atom stereocenters. The summed E-state index contributed by atoms with van der Waals surface area (Å²) < 4.78 is 5.52. The third kappa shape index (κ3) is 4.94. The van der Waals surface area contributed by atoms with Crippen LogP contribution in [-0.4, -0.2) is 31.7 Å². The molecule has 94 valence electrons. The Kier molecular flexibility index (Phi) is 6.42. The largest absolute Gasteiger partial charge is 0.381 e. The van der Waals surface area contributed by atoms with Crippen LogP contribution in [-0.2, 0) is 9.53 Å². The van der Waals surface area contributed by atoms with Gasteiger partial charge in [-0.3, -0.25) is 4.79 Å². The summed E-state index contributed by atoms with van der Waals surface area (Å²) in [6.07, 6.45) is 5.96. The van der Waals surface area contributed by atoms with Gasteiger partial charge in [-0.05, 0) is 25.3 Å². The van der Waals surface area contributed by atoms with Crippen LogP contribution in [0.2, 0.25) is 0 Å². The first-order valence-electron chi connectivity index (χ1n) is 6.34. The van der Waals surface area contributed by atoms with E-state index in [4.69, 9.17) is 10.5 Å². The van der Waals surface area contributed by atoms with Crippen molar-refractivity contribution in [2.75, 3.05) is 19.8 Å². The van der Waals surface area contributed by atoms with E-state index in [2.05, 4.69) is 5.32 Å². The molecule has 1 rings (SSSR count). The number of nitrogens with two attached hydrogens (primary N) is 1. The Morgan fingerprint density at radius 3 is 2.75 bits per heavy atom. The molecular formula is C12H24N2O2. The SMILES string of the molecule is CCNC(CCOCCC1CCC1)C(N)=O. The van der Waals surface area contributed by atoms with Crippen LogP contribution in [0.5, 0.6) is 0 Å². The third-order valence-corrected chi connectivity index (χ3v) is 3.24. The molecule has 4 nitrogen and oxygen atoms in total. The highest BCUT2D eigenvalue weighted by Crippen LogP contribution is 2.29. The summed E-state index contributed by atoms with van der Waals surface area (Å²) in [6.45, 7) is 4.17. The Morgan fingerprint density at radius 1 is 1.50 bits per heavy atom. The average Bonchev–Trinajstić information content (AvgIpc) is 2.18. The zero-order valence-electron chi connectivity index (χ0n) is 10.2. The van der Waals surface area contributed by atoms with Crippen molar-refractivity contribution in [1.29, 1.82) is 0 Å². The van der Waals surface area contributed by atoms with E-state index in [-0.39, 0.29) is 11.9 Å². The minimum absolute atomic E-state index is 0.242. The number of amides is 1. The molecule has 0 saturated heterocycles. The summed E-state index contributed by atoms with van der Waals surface area (Å²) in [7, 11) is 0. The van der Waals surface area contributed by atoms with Gasteiger partial charge in [-0.1, -0.05) is 26.2 Å². The Morgan fingerprint density at radius 2 is 2.25 bits per heavy atom. The van der Waals surface area contributed by atoms with Crippen molar-refractivity contribution in [1.82, 2.24) is 5.32 Å². The smallest absolute Gasteiger partial charge is 0.234 e. The molecule has 1 aliphatic rings. The molecular weight excluding hydrogens is 204 g/mol. The van der Waals surface area contributed by atoms with Crippen LogP contribution in [0.4, 0.5) is 0 Å². The van der Waals surface area contributed by atoms with Gasteiger partial charge in [0, 0.05) is 13.2 Å². The van der Waals surface area contributed by atoms with E-state index in [1.165, 1.54) is 25.7 Å². The van der Waals surface area contributed by atoms with E-state index in [9.17, 15) is 4.79 Å². The maximum Gasteiger partial charge on any atom is 0.234 e. The Bertz CT molecular complexity index is 205. The predicted molar refractivity (Wildman–Crippen MR) is 64.1 cm³/mol. The topological polar surface area (TPSA) is 64.3 Å². The number of primary amides is 1. The molecule has 1 aliphatic carbocycles. The highest BCUT2D eigenvalue weighted by molar-refractivity contribution is 5.79. The lowest BCUT2D eigenvalue weighted by atomic mass is 9.83. The zero-order chi connectivity index (χ0) is 11.8. The van der Waals surface area contributed by atoms with Gasteiger partial charge >= 0.3 is 0 Å². The molecule has 3 N–H and O–H groups in total. The fourth-order valence-electron chi connectivity index (χ4n) is 1.93. The fourth-order valence-corrected chi connectivity index (χ4v) is 1.93. The lowest BCUT2D eigenvalue weighted by molar-refractivity contribution is -0.120. The number of hydrogen-bond donors (Lipinski definition) is 2. The van der Waals surface area contributed by atoms with Gasteiger partial charge < -0.3 is 15.8 Å². The van der Waals surface area contributed by atoms with Gasteiger partial charge in [0.15, 0.2) is 0 Å². The van der Waals surface area contributed by atoms with Crippen LogP contribution < -0.4 is 11.1 Å². The first kappa shape index (κ1) is 13.5. The third-order valence-electron chi connectivity index (χ3n) is 3.24. The molecule has 0 spiro atoms. The predicted octanol–water partition coefficient (Wildman–Crippen LogP) is 1.05. The molecule has 0 aromatic rings. The summed E-state index contributed by atoms with van der Waals surface area (Å²) in [5.41, 5.74) is 5.26. The molecule has 1 saturated carbocycles. The molecule has 0 radical (unpaired) electrons. The van der Waals surface area contributed by atoms with E-state index in [0.29, 0.717) is 13.0 Å². The van der Waals surface area contributed by atoms with Gasteiger partial charge in [0.25, 0.3) is 0 Å². The van der Waals surface area contributed by atoms with Crippen molar-refractivity contribution in [3.63, 3.8) is 0 Å². The standard InChI is InChI=1S/C12H24N2O2/c1-2-14-11(12(13)15)7-9-16-8-6-10-4-3-5-10/h10-11,14H,2-9H2,1H3,(H2,13,15). The molecule has 0 aromatic heterocycles. The Labute approximate surface area is 97.9 Å². The van der Waals surface area contributed by atoms with Crippen LogP contribution in [0.3, 0.4) is 0 Å². The summed E-state index contributed by atoms with van der Waals surface area (Å²) in [4.78, 5) is 11.0. The molecule has 0 aliphatic heterocycles. The normalized spacial score (nSPS) is 18.1. The molecule has 4 heteroatoms. The van der Waals surface area contributed by atoms with E-state index >= 15 is 0 Å². The van der Waals surface area contributed by atoms with E-state index < -0.39 is 0 Å². The lowest BCUT2D eigenvalue weighted by Crippen LogP contribution is -2.41. The van der Waals surface area contributed by atoms with Crippen molar-refractivity contribution in [2.45, 2.75) is 45.1 Å². The Hall–Kier alpha value is -0.610. The number of likely N-dealkylation sites (N-methyl/N-ethyl adjacent to an activating group) is 1. The molecule has 0 aromatic carbocycles.